The first kappa shape index (κ1) is 12.9. The molecule has 2 unspecified atom stereocenters. The molecule has 0 amide bonds. The van der Waals surface area contributed by atoms with Gasteiger partial charge in [-0.25, -0.2) is 0 Å². The van der Waals surface area contributed by atoms with E-state index in [1.54, 1.807) is 7.11 Å². The molecule has 0 aliphatic carbocycles. The van der Waals surface area contributed by atoms with E-state index in [2.05, 4.69) is 0 Å². The second kappa shape index (κ2) is 5.77. The van der Waals surface area contributed by atoms with Crippen LogP contribution in [0.2, 0.25) is 0 Å². The number of rotatable bonds is 4. The number of ether oxygens (including phenoxy) is 4. The van der Waals surface area contributed by atoms with Crippen molar-refractivity contribution in [1.29, 1.82) is 0 Å². The maximum absolute atomic E-state index is 9.67. The predicted octanol–water partition coefficient (Wildman–Crippen LogP) is 0.159. The number of aliphatic hydroxyl groups is 1. The van der Waals surface area contributed by atoms with E-state index < -0.39 is 12.4 Å². The first-order valence-corrected chi connectivity index (χ1v) is 5.16. The summed E-state index contributed by atoms with van der Waals surface area (Å²) in [4.78, 5) is 0. The van der Waals surface area contributed by atoms with Gasteiger partial charge < -0.3 is 24.1 Å². The summed E-state index contributed by atoms with van der Waals surface area (Å²) < 4.78 is 21.3. The topological polar surface area (TPSA) is 57.2 Å². The molecule has 0 aromatic heterocycles. The lowest BCUT2D eigenvalue weighted by Gasteiger charge is -2.42. The van der Waals surface area contributed by atoms with Crippen molar-refractivity contribution in [3.8, 4) is 0 Å². The van der Waals surface area contributed by atoms with E-state index in [4.69, 9.17) is 18.9 Å². The molecule has 0 bridgehead atoms. The number of aliphatic hydroxyl groups excluding tert-OH is 1. The summed E-state index contributed by atoms with van der Waals surface area (Å²) in [5, 5.41) is 9.67. The fraction of sp³-hybridized carbons (Fsp3) is 1.00. The van der Waals surface area contributed by atoms with Gasteiger partial charge in [0, 0.05) is 20.8 Å². The lowest BCUT2D eigenvalue weighted by Crippen LogP contribution is -2.58. The first-order valence-electron chi connectivity index (χ1n) is 5.16. The zero-order valence-corrected chi connectivity index (χ0v) is 9.67. The van der Waals surface area contributed by atoms with Crippen LogP contribution < -0.4 is 0 Å². The Labute approximate surface area is 90.3 Å². The first-order chi connectivity index (χ1) is 7.15. The monoisotopic (exact) mass is 220 g/mol. The molecule has 5 heteroatoms. The quantitative estimate of drug-likeness (QED) is 0.731. The molecule has 5 nitrogen and oxygen atoms in total. The number of hydrogen-bond donors (Lipinski definition) is 1. The van der Waals surface area contributed by atoms with Gasteiger partial charge in [-0.2, -0.15) is 0 Å². The van der Waals surface area contributed by atoms with Crippen LogP contribution in [0.1, 0.15) is 13.8 Å². The second-order valence-corrected chi connectivity index (χ2v) is 3.55. The summed E-state index contributed by atoms with van der Waals surface area (Å²) in [7, 11) is 3.12. The van der Waals surface area contributed by atoms with E-state index in [-0.39, 0.29) is 18.3 Å². The third-order valence-corrected chi connectivity index (χ3v) is 2.65. The van der Waals surface area contributed by atoms with Crippen molar-refractivity contribution in [2.45, 2.75) is 44.6 Å². The molecule has 0 aromatic carbocycles. The van der Waals surface area contributed by atoms with E-state index in [1.165, 1.54) is 7.11 Å². The van der Waals surface area contributed by atoms with Crippen LogP contribution in [0.3, 0.4) is 0 Å². The van der Waals surface area contributed by atoms with Crippen LogP contribution in [0.15, 0.2) is 0 Å². The van der Waals surface area contributed by atoms with Gasteiger partial charge in [-0.1, -0.05) is 0 Å². The highest BCUT2D eigenvalue weighted by Gasteiger charge is 2.44. The fourth-order valence-corrected chi connectivity index (χ4v) is 1.95. The van der Waals surface area contributed by atoms with Crippen LogP contribution in [-0.4, -0.2) is 56.6 Å². The summed E-state index contributed by atoms with van der Waals surface area (Å²) in [5.41, 5.74) is 0. The zero-order chi connectivity index (χ0) is 11.4. The molecule has 0 spiro atoms. The van der Waals surface area contributed by atoms with Gasteiger partial charge in [0.2, 0.25) is 0 Å². The van der Waals surface area contributed by atoms with Gasteiger partial charge in [0.05, 0.1) is 6.10 Å². The standard InChI is InChI=1S/C10H20O5/c1-5-14-8-7(12-3)6(2)15-10(11)9(8)13-4/h6-11H,5H2,1-4H3/t6?,7-,8+,9+,10?/m0/s1. The minimum atomic E-state index is -0.965. The highest BCUT2D eigenvalue weighted by Crippen LogP contribution is 2.25. The smallest absolute Gasteiger partial charge is 0.184 e. The van der Waals surface area contributed by atoms with Crippen molar-refractivity contribution >= 4 is 0 Å². The van der Waals surface area contributed by atoms with E-state index >= 15 is 0 Å². The van der Waals surface area contributed by atoms with Gasteiger partial charge in [0.1, 0.15) is 18.3 Å². The minimum absolute atomic E-state index is 0.215. The van der Waals surface area contributed by atoms with Crippen LogP contribution in [-0.2, 0) is 18.9 Å². The molecule has 1 heterocycles. The van der Waals surface area contributed by atoms with E-state index in [9.17, 15) is 5.11 Å². The number of methoxy groups -OCH3 is 2. The van der Waals surface area contributed by atoms with Crippen LogP contribution in [0.5, 0.6) is 0 Å². The van der Waals surface area contributed by atoms with Gasteiger partial charge in [-0.05, 0) is 13.8 Å². The average molecular weight is 220 g/mol. The summed E-state index contributed by atoms with van der Waals surface area (Å²) in [5.74, 6) is 0. The molecular formula is C10H20O5. The molecule has 1 saturated heterocycles. The zero-order valence-electron chi connectivity index (χ0n) is 9.67. The fourth-order valence-electron chi connectivity index (χ4n) is 1.95. The molecule has 1 aliphatic rings. The Hall–Kier alpha value is -0.200. The van der Waals surface area contributed by atoms with E-state index in [1.807, 2.05) is 13.8 Å². The third-order valence-electron chi connectivity index (χ3n) is 2.65. The normalized spacial score (nSPS) is 41.8. The van der Waals surface area contributed by atoms with Crippen LogP contribution in [0.4, 0.5) is 0 Å². The molecule has 0 saturated carbocycles. The van der Waals surface area contributed by atoms with Crippen LogP contribution in [0, 0.1) is 0 Å². The Morgan fingerprint density at radius 1 is 1.13 bits per heavy atom. The third kappa shape index (κ3) is 2.68. The molecule has 90 valence electrons. The van der Waals surface area contributed by atoms with Crippen molar-refractivity contribution in [3.05, 3.63) is 0 Å². The molecular weight excluding hydrogens is 200 g/mol. The highest BCUT2D eigenvalue weighted by molar-refractivity contribution is 4.89. The van der Waals surface area contributed by atoms with Gasteiger partial charge in [0.15, 0.2) is 6.29 Å². The van der Waals surface area contributed by atoms with Crippen molar-refractivity contribution in [1.82, 2.24) is 0 Å². The van der Waals surface area contributed by atoms with Crippen molar-refractivity contribution in [2.24, 2.45) is 0 Å². The SMILES string of the molecule is CCO[C@@H]1[C@@H](OC)C(C)OC(O)[C@@H]1OC. The summed E-state index contributed by atoms with van der Waals surface area (Å²) in [6.07, 6.45) is -2.21. The van der Waals surface area contributed by atoms with Gasteiger partial charge in [-0.15, -0.1) is 0 Å². The highest BCUT2D eigenvalue weighted by atomic mass is 16.7. The average Bonchev–Trinajstić information content (AvgIpc) is 2.18. The molecule has 1 rings (SSSR count). The Balaban J connectivity index is 2.77. The summed E-state index contributed by atoms with van der Waals surface area (Å²) >= 11 is 0. The molecule has 5 atom stereocenters. The molecule has 1 aliphatic heterocycles. The molecule has 15 heavy (non-hydrogen) atoms. The number of hydrogen-bond acceptors (Lipinski definition) is 5. The van der Waals surface area contributed by atoms with E-state index in [0.29, 0.717) is 6.61 Å². The second-order valence-electron chi connectivity index (χ2n) is 3.55. The Kier molecular flexibility index (Phi) is 4.95. The summed E-state index contributed by atoms with van der Waals surface area (Å²) in [6.45, 7) is 4.28. The maximum atomic E-state index is 9.67. The minimum Gasteiger partial charge on any atom is -0.376 e. The van der Waals surface area contributed by atoms with Gasteiger partial charge in [-0.3, -0.25) is 0 Å². The van der Waals surface area contributed by atoms with Gasteiger partial charge in [0.25, 0.3) is 0 Å². The van der Waals surface area contributed by atoms with E-state index in [0.717, 1.165) is 0 Å². The molecule has 0 radical (unpaired) electrons. The molecule has 0 aromatic rings. The van der Waals surface area contributed by atoms with Crippen molar-refractivity contribution in [3.63, 3.8) is 0 Å². The van der Waals surface area contributed by atoms with Crippen LogP contribution >= 0.6 is 0 Å². The molecule has 1 N–H and O–H groups in total. The van der Waals surface area contributed by atoms with Crippen molar-refractivity contribution < 1.29 is 24.1 Å². The lowest BCUT2D eigenvalue weighted by molar-refractivity contribution is -0.294. The Morgan fingerprint density at radius 3 is 2.20 bits per heavy atom. The van der Waals surface area contributed by atoms with Gasteiger partial charge >= 0.3 is 0 Å². The maximum Gasteiger partial charge on any atom is 0.184 e. The molecule has 1 fully saturated rings. The van der Waals surface area contributed by atoms with Crippen LogP contribution in [0.25, 0.3) is 0 Å². The Morgan fingerprint density at radius 2 is 1.73 bits per heavy atom. The summed E-state index contributed by atoms with van der Waals surface area (Å²) in [6, 6.07) is 0. The lowest BCUT2D eigenvalue weighted by atomic mass is 9.99. The predicted molar refractivity (Wildman–Crippen MR) is 53.6 cm³/mol. The Bertz CT molecular complexity index is 171. The van der Waals surface area contributed by atoms with Crippen molar-refractivity contribution in [2.75, 3.05) is 20.8 Å². The largest absolute Gasteiger partial charge is 0.376 e.